The number of hydrogen-bond donors (Lipinski definition) is 0. The van der Waals surface area contributed by atoms with E-state index < -0.39 is 21.3 Å². The molecule has 1 aliphatic rings. The molecular formula is C23H26F2N2O3S. The SMILES string of the molecule is CC(C)(F)CN1CCC(c2cc3cc(-c4ccc(S(C)(=O)=O)cc4F)ncc3o2)CC1. The molecule has 0 radical (unpaired) electrons. The zero-order chi connectivity index (χ0) is 22.4. The Morgan fingerprint density at radius 3 is 2.52 bits per heavy atom. The molecule has 31 heavy (non-hydrogen) atoms. The minimum Gasteiger partial charge on any atom is -0.459 e. The number of fused-ring (bicyclic) bond motifs is 1. The number of pyridine rings is 1. The maximum absolute atomic E-state index is 14.6. The lowest BCUT2D eigenvalue weighted by Gasteiger charge is -2.33. The molecule has 5 nitrogen and oxygen atoms in total. The zero-order valence-corrected chi connectivity index (χ0v) is 18.7. The first-order valence-electron chi connectivity index (χ1n) is 10.3. The van der Waals surface area contributed by atoms with Crippen LogP contribution in [-0.4, -0.2) is 49.9 Å². The molecular weight excluding hydrogens is 422 g/mol. The van der Waals surface area contributed by atoms with Gasteiger partial charge in [0.25, 0.3) is 0 Å². The summed E-state index contributed by atoms with van der Waals surface area (Å²) >= 11 is 0. The van der Waals surface area contributed by atoms with Crippen molar-refractivity contribution in [1.29, 1.82) is 0 Å². The molecule has 4 rings (SSSR count). The summed E-state index contributed by atoms with van der Waals surface area (Å²) in [6.07, 6.45) is 4.38. The third-order valence-electron chi connectivity index (χ3n) is 5.66. The van der Waals surface area contributed by atoms with Crippen LogP contribution in [0.4, 0.5) is 8.78 Å². The number of aromatic nitrogens is 1. The lowest BCUT2D eigenvalue weighted by Crippen LogP contribution is -2.40. The highest BCUT2D eigenvalue weighted by Crippen LogP contribution is 2.34. The number of alkyl halides is 1. The summed E-state index contributed by atoms with van der Waals surface area (Å²) in [4.78, 5) is 6.38. The van der Waals surface area contributed by atoms with E-state index in [0.717, 1.165) is 49.4 Å². The molecule has 0 N–H and O–H groups in total. The van der Waals surface area contributed by atoms with Gasteiger partial charge in [-0.15, -0.1) is 0 Å². The van der Waals surface area contributed by atoms with Gasteiger partial charge in [0.1, 0.15) is 17.2 Å². The predicted molar refractivity (Wildman–Crippen MR) is 116 cm³/mol. The second-order valence-corrected chi connectivity index (χ2v) is 11.0. The van der Waals surface area contributed by atoms with E-state index in [1.165, 1.54) is 12.1 Å². The van der Waals surface area contributed by atoms with Crippen LogP contribution in [0, 0.1) is 5.82 Å². The van der Waals surface area contributed by atoms with Crippen LogP contribution >= 0.6 is 0 Å². The fourth-order valence-electron chi connectivity index (χ4n) is 4.16. The molecule has 1 saturated heterocycles. The van der Waals surface area contributed by atoms with E-state index in [0.29, 0.717) is 17.8 Å². The van der Waals surface area contributed by atoms with Gasteiger partial charge in [-0.2, -0.15) is 0 Å². The molecule has 0 saturated carbocycles. The van der Waals surface area contributed by atoms with Crippen molar-refractivity contribution in [1.82, 2.24) is 9.88 Å². The van der Waals surface area contributed by atoms with Gasteiger partial charge in [0.15, 0.2) is 15.4 Å². The molecule has 0 bridgehead atoms. The average Bonchev–Trinajstić information content (AvgIpc) is 3.09. The van der Waals surface area contributed by atoms with Crippen LogP contribution in [0.3, 0.4) is 0 Å². The second kappa shape index (κ2) is 7.98. The Morgan fingerprint density at radius 1 is 1.19 bits per heavy atom. The second-order valence-electron chi connectivity index (χ2n) is 8.94. The number of benzene rings is 1. The molecule has 2 aromatic heterocycles. The smallest absolute Gasteiger partial charge is 0.175 e. The summed E-state index contributed by atoms with van der Waals surface area (Å²) in [5, 5.41) is 0.818. The third kappa shape index (κ3) is 4.96. The standard InChI is InChI=1S/C23H26F2N2O3S/c1-23(2,25)14-27-8-6-15(7-9-27)21-11-16-10-20(26-13-22(16)30-21)18-5-4-17(12-19(18)24)31(3,28)29/h4-5,10-13,15H,6-9,14H2,1-3H3. The van der Waals surface area contributed by atoms with Crippen molar-refractivity contribution < 1.29 is 21.6 Å². The Balaban J connectivity index is 1.54. The molecule has 1 aromatic carbocycles. The quantitative estimate of drug-likeness (QED) is 0.552. The minimum absolute atomic E-state index is 0.0667. The Labute approximate surface area is 181 Å². The van der Waals surface area contributed by atoms with Crippen LogP contribution in [0.15, 0.2) is 45.8 Å². The molecule has 3 aromatic rings. The molecule has 0 atom stereocenters. The van der Waals surface area contributed by atoms with Gasteiger partial charge in [0, 0.05) is 29.7 Å². The highest BCUT2D eigenvalue weighted by atomic mass is 32.2. The van der Waals surface area contributed by atoms with Gasteiger partial charge >= 0.3 is 0 Å². The van der Waals surface area contributed by atoms with Gasteiger partial charge < -0.3 is 9.32 Å². The van der Waals surface area contributed by atoms with Gasteiger partial charge in [-0.05, 0) is 70.1 Å². The van der Waals surface area contributed by atoms with Crippen LogP contribution < -0.4 is 0 Å². The summed E-state index contributed by atoms with van der Waals surface area (Å²) in [5.41, 5.74) is 0.0686. The summed E-state index contributed by atoms with van der Waals surface area (Å²) in [6, 6.07) is 7.55. The first kappa shape index (κ1) is 21.9. The fourth-order valence-corrected chi connectivity index (χ4v) is 4.79. The Kier molecular flexibility index (Phi) is 5.64. The summed E-state index contributed by atoms with van der Waals surface area (Å²) in [6.45, 7) is 5.25. The lowest BCUT2D eigenvalue weighted by atomic mass is 9.93. The topological polar surface area (TPSA) is 63.4 Å². The molecule has 1 aliphatic heterocycles. The van der Waals surface area contributed by atoms with E-state index in [4.69, 9.17) is 4.42 Å². The number of furan rings is 1. The molecule has 1 fully saturated rings. The van der Waals surface area contributed by atoms with E-state index in [1.807, 2.05) is 6.07 Å². The van der Waals surface area contributed by atoms with Crippen LogP contribution in [0.5, 0.6) is 0 Å². The average molecular weight is 449 g/mol. The molecule has 0 aliphatic carbocycles. The van der Waals surface area contributed by atoms with Crippen LogP contribution in [0.2, 0.25) is 0 Å². The zero-order valence-electron chi connectivity index (χ0n) is 17.9. The number of nitrogens with zero attached hydrogens (tertiary/aromatic N) is 2. The van der Waals surface area contributed by atoms with E-state index in [9.17, 15) is 17.2 Å². The molecule has 0 unspecified atom stereocenters. The summed E-state index contributed by atoms with van der Waals surface area (Å²) in [7, 11) is -3.48. The Morgan fingerprint density at radius 2 is 1.90 bits per heavy atom. The Bertz CT molecular complexity index is 1210. The molecule has 0 amide bonds. The highest BCUT2D eigenvalue weighted by molar-refractivity contribution is 7.90. The number of halogens is 2. The maximum Gasteiger partial charge on any atom is 0.175 e. The minimum atomic E-state index is -3.48. The van der Waals surface area contributed by atoms with E-state index in [2.05, 4.69) is 9.88 Å². The van der Waals surface area contributed by atoms with E-state index in [1.54, 1.807) is 26.1 Å². The summed E-state index contributed by atoms with van der Waals surface area (Å²) < 4.78 is 57.7. The van der Waals surface area contributed by atoms with Crippen molar-refractivity contribution in [3.63, 3.8) is 0 Å². The van der Waals surface area contributed by atoms with Crippen molar-refractivity contribution in [3.8, 4) is 11.3 Å². The maximum atomic E-state index is 14.6. The third-order valence-corrected chi connectivity index (χ3v) is 6.77. The van der Waals surface area contributed by atoms with Gasteiger partial charge in [-0.1, -0.05) is 0 Å². The summed E-state index contributed by atoms with van der Waals surface area (Å²) in [5.74, 6) is 0.475. The largest absolute Gasteiger partial charge is 0.459 e. The van der Waals surface area contributed by atoms with Crippen LogP contribution in [0.25, 0.3) is 22.2 Å². The van der Waals surface area contributed by atoms with Gasteiger partial charge in [0.05, 0.1) is 16.8 Å². The monoisotopic (exact) mass is 448 g/mol. The first-order valence-corrected chi connectivity index (χ1v) is 12.2. The number of sulfone groups is 1. The van der Waals surface area contributed by atoms with Gasteiger partial charge in [0.2, 0.25) is 0 Å². The van der Waals surface area contributed by atoms with E-state index in [-0.39, 0.29) is 16.4 Å². The van der Waals surface area contributed by atoms with Gasteiger partial charge in [-0.25, -0.2) is 17.2 Å². The fraction of sp³-hybridized carbons (Fsp3) is 0.435. The van der Waals surface area contributed by atoms with Crippen molar-refractivity contribution in [2.75, 3.05) is 25.9 Å². The normalized spacial score (nSPS) is 16.8. The van der Waals surface area contributed by atoms with Crippen molar-refractivity contribution in [3.05, 3.63) is 48.1 Å². The lowest BCUT2D eigenvalue weighted by molar-refractivity contribution is 0.103. The number of rotatable bonds is 5. The van der Waals surface area contributed by atoms with Crippen molar-refractivity contribution in [2.45, 2.75) is 43.2 Å². The first-order chi connectivity index (χ1) is 14.5. The Hall–Kier alpha value is -2.32. The van der Waals surface area contributed by atoms with Crippen molar-refractivity contribution in [2.24, 2.45) is 0 Å². The molecule has 0 spiro atoms. The predicted octanol–water partition coefficient (Wildman–Crippen LogP) is 4.96. The molecule has 8 heteroatoms. The van der Waals surface area contributed by atoms with Gasteiger partial charge in [-0.3, -0.25) is 4.98 Å². The number of hydrogen-bond acceptors (Lipinski definition) is 5. The number of likely N-dealkylation sites (tertiary alicyclic amines) is 1. The van der Waals surface area contributed by atoms with E-state index >= 15 is 0 Å². The van der Waals surface area contributed by atoms with Crippen molar-refractivity contribution >= 4 is 20.8 Å². The van der Waals surface area contributed by atoms with Crippen LogP contribution in [0.1, 0.15) is 38.4 Å². The highest BCUT2D eigenvalue weighted by Gasteiger charge is 2.27. The molecule has 3 heterocycles. The molecule has 166 valence electrons. The number of piperidine rings is 1. The van der Waals surface area contributed by atoms with Crippen LogP contribution in [-0.2, 0) is 9.84 Å².